The van der Waals surface area contributed by atoms with Gasteiger partial charge >= 0.3 is 0 Å². The Bertz CT molecular complexity index is 689. The van der Waals surface area contributed by atoms with Gasteiger partial charge in [0.05, 0.1) is 20.3 Å². The molecule has 1 aromatic carbocycles. The maximum absolute atomic E-state index is 6.03. The third-order valence-electron chi connectivity index (χ3n) is 5.56. The van der Waals surface area contributed by atoms with E-state index < -0.39 is 0 Å². The SMILES string of the molecule is COc1ccc(CN2CCOC[C@@]3(CCN(Cc4cccs4)C3)C2)cc1. The zero-order chi connectivity index (χ0) is 17.8. The van der Waals surface area contributed by atoms with Crippen LogP contribution in [0.15, 0.2) is 41.8 Å². The number of thiophene rings is 1. The molecule has 2 aliphatic rings. The first-order valence-electron chi connectivity index (χ1n) is 9.42. The van der Waals surface area contributed by atoms with Crippen LogP contribution in [0.5, 0.6) is 5.75 Å². The third-order valence-corrected chi connectivity index (χ3v) is 6.42. The number of likely N-dealkylation sites (tertiary alicyclic amines) is 1. The van der Waals surface area contributed by atoms with Crippen molar-refractivity contribution in [2.45, 2.75) is 19.5 Å². The molecule has 0 amide bonds. The average Bonchev–Trinajstić information content (AvgIpc) is 3.25. The van der Waals surface area contributed by atoms with Gasteiger partial charge in [-0.2, -0.15) is 0 Å². The molecule has 0 unspecified atom stereocenters. The average molecular weight is 373 g/mol. The van der Waals surface area contributed by atoms with Crippen molar-refractivity contribution in [3.63, 3.8) is 0 Å². The van der Waals surface area contributed by atoms with Gasteiger partial charge in [-0.15, -0.1) is 11.3 Å². The molecule has 2 aliphatic heterocycles. The monoisotopic (exact) mass is 372 g/mol. The summed E-state index contributed by atoms with van der Waals surface area (Å²) in [4.78, 5) is 6.64. The third kappa shape index (κ3) is 4.29. The zero-order valence-corrected chi connectivity index (χ0v) is 16.3. The first-order chi connectivity index (χ1) is 12.7. The Hall–Kier alpha value is -1.40. The van der Waals surface area contributed by atoms with Gasteiger partial charge in [0, 0.05) is 43.0 Å². The van der Waals surface area contributed by atoms with E-state index in [4.69, 9.17) is 9.47 Å². The fourth-order valence-corrected chi connectivity index (χ4v) is 4.98. The molecule has 1 aromatic heterocycles. The van der Waals surface area contributed by atoms with Crippen molar-refractivity contribution in [1.82, 2.24) is 9.80 Å². The van der Waals surface area contributed by atoms with Gasteiger partial charge in [0.15, 0.2) is 0 Å². The smallest absolute Gasteiger partial charge is 0.118 e. The first kappa shape index (κ1) is 18.0. The summed E-state index contributed by atoms with van der Waals surface area (Å²) in [6, 6.07) is 12.9. The number of hydrogen-bond donors (Lipinski definition) is 0. The minimum absolute atomic E-state index is 0.278. The van der Waals surface area contributed by atoms with Gasteiger partial charge in [0.1, 0.15) is 5.75 Å². The highest BCUT2D eigenvalue weighted by Gasteiger charge is 2.41. The van der Waals surface area contributed by atoms with Crippen LogP contribution in [-0.4, -0.2) is 56.3 Å². The molecule has 2 aromatic rings. The molecule has 26 heavy (non-hydrogen) atoms. The fourth-order valence-electron chi connectivity index (χ4n) is 4.24. The zero-order valence-electron chi connectivity index (χ0n) is 15.5. The molecule has 1 spiro atoms. The molecular formula is C21H28N2O2S. The Morgan fingerprint density at radius 1 is 1.08 bits per heavy atom. The summed E-state index contributed by atoms with van der Waals surface area (Å²) in [5, 5.41) is 2.17. The highest BCUT2D eigenvalue weighted by Crippen LogP contribution is 2.35. The number of nitrogens with zero attached hydrogens (tertiary/aromatic N) is 2. The minimum Gasteiger partial charge on any atom is -0.497 e. The number of rotatable bonds is 5. The molecule has 0 aliphatic carbocycles. The highest BCUT2D eigenvalue weighted by molar-refractivity contribution is 7.09. The second kappa shape index (κ2) is 8.09. The summed E-state index contributed by atoms with van der Waals surface area (Å²) in [6.45, 7) is 8.26. The van der Waals surface area contributed by atoms with Gasteiger partial charge in [-0.3, -0.25) is 9.80 Å². The highest BCUT2D eigenvalue weighted by atomic mass is 32.1. The van der Waals surface area contributed by atoms with Crippen LogP contribution in [0, 0.1) is 5.41 Å². The van der Waals surface area contributed by atoms with Crippen LogP contribution in [0.2, 0.25) is 0 Å². The lowest BCUT2D eigenvalue weighted by atomic mass is 9.87. The van der Waals surface area contributed by atoms with Crippen LogP contribution in [-0.2, 0) is 17.8 Å². The molecule has 0 saturated carbocycles. The predicted octanol–water partition coefficient (Wildman–Crippen LogP) is 3.48. The van der Waals surface area contributed by atoms with Crippen LogP contribution < -0.4 is 4.74 Å². The summed E-state index contributed by atoms with van der Waals surface area (Å²) in [5.41, 5.74) is 1.62. The van der Waals surface area contributed by atoms with E-state index in [2.05, 4.69) is 51.6 Å². The van der Waals surface area contributed by atoms with Gasteiger partial charge in [-0.05, 0) is 42.1 Å². The lowest BCUT2D eigenvalue weighted by Crippen LogP contribution is -2.40. The van der Waals surface area contributed by atoms with Gasteiger partial charge in [0.2, 0.25) is 0 Å². The lowest BCUT2D eigenvalue weighted by molar-refractivity contribution is 0.0707. The molecular weight excluding hydrogens is 344 g/mol. The van der Waals surface area contributed by atoms with Gasteiger partial charge < -0.3 is 9.47 Å². The lowest BCUT2D eigenvalue weighted by Gasteiger charge is -2.32. The van der Waals surface area contributed by atoms with Crippen molar-refractivity contribution in [2.75, 3.05) is 46.5 Å². The molecule has 4 nitrogen and oxygen atoms in total. The first-order valence-corrected chi connectivity index (χ1v) is 10.3. The second-order valence-corrected chi connectivity index (χ2v) is 8.68. The number of ether oxygens (including phenoxy) is 2. The molecule has 2 saturated heterocycles. The van der Waals surface area contributed by atoms with Crippen LogP contribution in [0.3, 0.4) is 0 Å². The second-order valence-electron chi connectivity index (χ2n) is 7.65. The van der Waals surface area contributed by atoms with Crippen molar-refractivity contribution in [1.29, 1.82) is 0 Å². The maximum Gasteiger partial charge on any atom is 0.118 e. The number of methoxy groups -OCH3 is 1. The van der Waals surface area contributed by atoms with Crippen LogP contribution in [0.25, 0.3) is 0 Å². The van der Waals surface area contributed by atoms with Crippen LogP contribution in [0.4, 0.5) is 0 Å². The Kier molecular flexibility index (Phi) is 5.60. The normalized spacial score (nSPS) is 24.8. The summed E-state index contributed by atoms with van der Waals surface area (Å²) < 4.78 is 11.3. The standard InChI is InChI=1S/C21H28N2O2S/c1-24-19-6-4-18(5-7-19)13-23-10-11-25-17-21(16-23)8-9-22(15-21)14-20-3-2-12-26-20/h2-7,12H,8-11,13-17H2,1H3/t21-/m1/s1. The Balaban J connectivity index is 1.39. The fraction of sp³-hybridized carbons (Fsp3) is 0.524. The van der Waals surface area contributed by atoms with Crippen molar-refractivity contribution >= 4 is 11.3 Å². The molecule has 1 atom stereocenters. The van der Waals surface area contributed by atoms with Crippen molar-refractivity contribution < 1.29 is 9.47 Å². The molecule has 140 valence electrons. The largest absolute Gasteiger partial charge is 0.497 e. The molecule has 5 heteroatoms. The van der Waals surface area contributed by atoms with Crippen LogP contribution >= 0.6 is 11.3 Å². The maximum atomic E-state index is 6.03. The Morgan fingerprint density at radius 3 is 2.62 bits per heavy atom. The molecule has 0 N–H and O–H groups in total. The predicted molar refractivity (Wildman–Crippen MR) is 106 cm³/mol. The van der Waals surface area contributed by atoms with Crippen molar-refractivity contribution in [3.05, 3.63) is 52.2 Å². The summed E-state index contributed by atoms with van der Waals surface area (Å²) in [5.74, 6) is 0.921. The van der Waals surface area contributed by atoms with E-state index in [9.17, 15) is 0 Å². The number of benzene rings is 1. The van der Waals surface area contributed by atoms with Crippen molar-refractivity contribution in [3.8, 4) is 5.75 Å². The molecule has 0 bridgehead atoms. The Labute approximate surface area is 160 Å². The molecule has 3 heterocycles. The van der Waals surface area contributed by atoms with Gasteiger partial charge in [-0.1, -0.05) is 18.2 Å². The topological polar surface area (TPSA) is 24.9 Å². The van der Waals surface area contributed by atoms with E-state index >= 15 is 0 Å². The Morgan fingerprint density at radius 2 is 1.88 bits per heavy atom. The summed E-state index contributed by atoms with van der Waals surface area (Å²) >= 11 is 1.86. The number of hydrogen-bond acceptors (Lipinski definition) is 5. The minimum atomic E-state index is 0.278. The summed E-state index contributed by atoms with van der Waals surface area (Å²) in [7, 11) is 1.72. The van der Waals surface area contributed by atoms with E-state index in [1.54, 1.807) is 7.11 Å². The van der Waals surface area contributed by atoms with Gasteiger partial charge in [0.25, 0.3) is 0 Å². The van der Waals surface area contributed by atoms with E-state index in [1.807, 2.05) is 11.3 Å². The van der Waals surface area contributed by atoms with E-state index in [0.717, 1.165) is 51.7 Å². The van der Waals surface area contributed by atoms with Crippen molar-refractivity contribution in [2.24, 2.45) is 5.41 Å². The van der Waals surface area contributed by atoms with E-state index in [-0.39, 0.29) is 5.41 Å². The quantitative estimate of drug-likeness (QED) is 0.802. The molecule has 4 rings (SSSR count). The van der Waals surface area contributed by atoms with Gasteiger partial charge in [-0.25, -0.2) is 0 Å². The molecule has 0 radical (unpaired) electrons. The van der Waals surface area contributed by atoms with Crippen LogP contribution in [0.1, 0.15) is 16.9 Å². The summed E-state index contributed by atoms with van der Waals surface area (Å²) in [6.07, 6.45) is 1.23. The molecule has 2 fully saturated rings. The van der Waals surface area contributed by atoms with E-state index in [0.29, 0.717) is 0 Å². The van der Waals surface area contributed by atoms with E-state index in [1.165, 1.54) is 23.4 Å².